The van der Waals surface area contributed by atoms with Gasteiger partial charge < -0.3 is 4.74 Å². The fourth-order valence-corrected chi connectivity index (χ4v) is 2.82. The number of benzene rings is 1. The molecule has 26 heavy (non-hydrogen) atoms. The van der Waals surface area contributed by atoms with Gasteiger partial charge in [-0.3, -0.25) is 5.10 Å². The quantitative estimate of drug-likeness (QED) is 0.721. The van der Waals surface area contributed by atoms with Gasteiger partial charge >= 0.3 is 0 Å². The fraction of sp³-hybridized carbons (Fsp3) is 0.250. The number of hydrogen-bond acceptors (Lipinski definition) is 4. The van der Waals surface area contributed by atoms with Gasteiger partial charge in [-0.25, -0.2) is 0 Å². The van der Waals surface area contributed by atoms with Crippen LogP contribution in [-0.2, 0) is 4.74 Å². The molecule has 2 heterocycles. The molecule has 1 aliphatic heterocycles. The Labute approximate surface area is 157 Å². The Morgan fingerprint density at radius 2 is 2.08 bits per heavy atom. The van der Waals surface area contributed by atoms with E-state index in [0.717, 1.165) is 27.7 Å². The minimum absolute atomic E-state index is 0.118. The Bertz CT molecular complexity index is 928. The van der Waals surface area contributed by atoms with Crippen molar-refractivity contribution in [3.63, 3.8) is 0 Å². The lowest BCUT2D eigenvalue weighted by Gasteiger charge is -2.13. The zero-order chi connectivity index (χ0) is 18.5. The van der Waals surface area contributed by atoms with Crippen LogP contribution in [-0.4, -0.2) is 22.8 Å². The molecule has 5 nitrogen and oxygen atoms in total. The lowest BCUT2D eigenvalue weighted by Crippen LogP contribution is -2.02. The second-order valence-corrected chi connectivity index (χ2v) is 6.95. The number of allylic oxidation sites excluding steroid dienone is 6. The Morgan fingerprint density at radius 1 is 1.23 bits per heavy atom. The van der Waals surface area contributed by atoms with Gasteiger partial charge in [-0.2, -0.15) is 10.2 Å². The molecule has 0 saturated heterocycles. The summed E-state index contributed by atoms with van der Waals surface area (Å²) in [4.78, 5) is 0. The lowest BCUT2D eigenvalue weighted by molar-refractivity contribution is 0.215. The van der Waals surface area contributed by atoms with Gasteiger partial charge in [0.2, 0.25) is 0 Å². The van der Waals surface area contributed by atoms with Crippen LogP contribution in [0.2, 0.25) is 0 Å². The number of rotatable bonds is 4. The van der Waals surface area contributed by atoms with Gasteiger partial charge in [0.25, 0.3) is 0 Å². The van der Waals surface area contributed by atoms with Gasteiger partial charge in [0, 0.05) is 28.6 Å². The van der Waals surface area contributed by atoms with E-state index in [2.05, 4.69) is 46.4 Å². The molecule has 0 bridgehead atoms. The molecule has 134 valence electrons. The summed E-state index contributed by atoms with van der Waals surface area (Å²) in [7, 11) is 0. The summed E-state index contributed by atoms with van der Waals surface area (Å²) >= 11 is 6.14. The number of ether oxygens (including phenoxy) is 1. The molecule has 1 aromatic carbocycles. The predicted molar refractivity (Wildman–Crippen MR) is 109 cm³/mol. The lowest BCUT2D eigenvalue weighted by atomic mass is 10.0. The number of H-pyrrole nitrogens is 1. The van der Waals surface area contributed by atoms with Crippen molar-refractivity contribution in [2.24, 2.45) is 10.2 Å². The van der Waals surface area contributed by atoms with E-state index in [1.54, 1.807) is 6.21 Å². The molecule has 1 unspecified atom stereocenters. The van der Waals surface area contributed by atoms with Crippen LogP contribution >= 0.6 is 11.6 Å². The molecule has 1 N–H and O–H groups in total. The Morgan fingerprint density at radius 3 is 2.85 bits per heavy atom. The van der Waals surface area contributed by atoms with E-state index in [1.807, 2.05) is 31.2 Å². The predicted octanol–water partition coefficient (Wildman–Crippen LogP) is 5.53. The van der Waals surface area contributed by atoms with E-state index in [0.29, 0.717) is 11.5 Å². The van der Waals surface area contributed by atoms with Crippen LogP contribution < -0.4 is 0 Å². The summed E-state index contributed by atoms with van der Waals surface area (Å²) in [6.07, 6.45) is 9.70. The summed E-state index contributed by atoms with van der Waals surface area (Å²) < 4.78 is 5.65. The smallest absolute Gasteiger partial charge is 0.195 e. The molecule has 0 spiro atoms. The van der Waals surface area contributed by atoms with Crippen LogP contribution in [0.4, 0.5) is 0 Å². The highest BCUT2D eigenvalue weighted by Crippen LogP contribution is 2.30. The first-order chi connectivity index (χ1) is 12.5. The second kappa shape index (κ2) is 8.15. The van der Waals surface area contributed by atoms with Crippen LogP contribution in [0.1, 0.15) is 44.6 Å². The first kappa shape index (κ1) is 18.1. The Hall–Kier alpha value is -2.66. The molecule has 1 aliphatic rings. The molecule has 0 radical (unpaired) electrons. The third kappa shape index (κ3) is 4.29. The van der Waals surface area contributed by atoms with Crippen molar-refractivity contribution in [3.05, 3.63) is 58.3 Å². The summed E-state index contributed by atoms with van der Waals surface area (Å²) in [5, 5.41) is 17.0. The maximum Gasteiger partial charge on any atom is 0.195 e. The van der Waals surface area contributed by atoms with E-state index < -0.39 is 0 Å². The molecule has 2 aromatic rings. The molecule has 0 fully saturated rings. The average molecular weight is 369 g/mol. The topological polar surface area (TPSA) is 62.6 Å². The molecule has 1 aromatic heterocycles. The van der Waals surface area contributed by atoms with Crippen molar-refractivity contribution in [1.82, 2.24) is 10.2 Å². The highest BCUT2D eigenvalue weighted by molar-refractivity contribution is 6.30. The van der Waals surface area contributed by atoms with Gasteiger partial charge in [0.15, 0.2) is 6.40 Å². The van der Waals surface area contributed by atoms with Gasteiger partial charge in [0.1, 0.15) is 6.10 Å². The van der Waals surface area contributed by atoms with Crippen molar-refractivity contribution in [1.29, 1.82) is 0 Å². The molecular formula is C20H21ClN4O. The van der Waals surface area contributed by atoms with Crippen LogP contribution in [0.3, 0.4) is 0 Å². The molecule has 6 heteroatoms. The summed E-state index contributed by atoms with van der Waals surface area (Å²) in [6.45, 7) is 5.97. The van der Waals surface area contributed by atoms with E-state index in [9.17, 15) is 0 Å². The third-order valence-corrected chi connectivity index (χ3v) is 4.03. The maximum atomic E-state index is 6.14. The number of nitrogens with zero attached hydrogens (tertiary/aromatic N) is 3. The highest BCUT2D eigenvalue weighted by Gasteiger charge is 2.16. The summed E-state index contributed by atoms with van der Waals surface area (Å²) in [5.74, 6) is 0. The fourth-order valence-electron chi connectivity index (χ4n) is 2.71. The number of nitrogens with one attached hydrogen (secondary N) is 1. The monoisotopic (exact) mass is 368 g/mol. The number of aromatic amines is 1. The van der Waals surface area contributed by atoms with Crippen molar-refractivity contribution >= 4 is 40.7 Å². The van der Waals surface area contributed by atoms with E-state index in [4.69, 9.17) is 16.3 Å². The van der Waals surface area contributed by atoms with Crippen LogP contribution in [0.15, 0.2) is 57.2 Å². The van der Waals surface area contributed by atoms with Crippen molar-refractivity contribution < 1.29 is 4.74 Å². The largest absolute Gasteiger partial charge is 0.473 e. The molecular weight excluding hydrogens is 348 g/mol. The Kier molecular flexibility index (Phi) is 5.68. The Balaban J connectivity index is 2.08. The van der Waals surface area contributed by atoms with Crippen LogP contribution in [0.5, 0.6) is 0 Å². The first-order valence-electron chi connectivity index (χ1n) is 8.41. The molecule has 1 atom stereocenters. The molecule has 0 aliphatic carbocycles. The second-order valence-electron chi connectivity index (χ2n) is 6.35. The zero-order valence-corrected chi connectivity index (χ0v) is 15.8. The van der Waals surface area contributed by atoms with E-state index in [-0.39, 0.29) is 6.10 Å². The van der Waals surface area contributed by atoms with Gasteiger partial charge in [0.05, 0.1) is 11.2 Å². The van der Waals surface area contributed by atoms with Crippen LogP contribution in [0.25, 0.3) is 16.5 Å². The van der Waals surface area contributed by atoms with Crippen LogP contribution in [0, 0.1) is 0 Å². The number of halogens is 1. The number of hydrogen-bond donors (Lipinski definition) is 1. The van der Waals surface area contributed by atoms with Crippen molar-refractivity contribution in [2.45, 2.75) is 33.3 Å². The highest BCUT2D eigenvalue weighted by atomic mass is 35.5. The van der Waals surface area contributed by atoms with Crippen molar-refractivity contribution in [2.75, 3.05) is 0 Å². The van der Waals surface area contributed by atoms with Crippen molar-refractivity contribution in [3.8, 4) is 0 Å². The minimum atomic E-state index is -0.118. The first-order valence-corrected chi connectivity index (χ1v) is 8.78. The standard InChI is InChI=1S/C20H21ClN4O/c1-13(2)4-5-16(10-14(3)21)20-17-11-15(6-7-18(17)24-25-20)19-8-9-22-23-12-26-19/h4-7,9-12,19H,8H2,1-3H3,(H,24,25)/b14-10+,16-5+. The van der Waals surface area contributed by atoms with Gasteiger partial charge in [-0.15, -0.1) is 5.10 Å². The van der Waals surface area contributed by atoms with Gasteiger partial charge in [-0.1, -0.05) is 35.4 Å². The zero-order valence-electron chi connectivity index (χ0n) is 15.0. The normalized spacial score (nSPS) is 17.9. The molecule has 0 amide bonds. The number of fused-ring (bicyclic) bond motifs is 1. The molecule has 0 saturated carbocycles. The summed E-state index contributed by atoms with van der Waals surface area (Å²) in [5.41, 5.74) is 5.02. The minimum Gasteiger partial charge on any atom is -0.473 e. The average Bonchev–Trinajstić information content (AvgIpc) is 2.83. The van der Waals surface area contributed by atoms with E-state index in [1.165, 1.54) is 12.0 Å². The van der Waals surface area contributed by atoms with E-state index >= 15 is 0 Å². The summed E-state index contributed by atoms with van der Waals surface area (Å²) in [6, 6.07) is 6.14. The maximum absolute atomic E-state index is 6.14. The SMILES string of the molecule is CC(C)=C/C=C(\C=C(/C)Cl)c1n[nH]c2ccc(C3CC=NN=CO3)cc12. The van der Waals surface area contributed by atoms with Gasteiger partial charge in [-0.05, 0) is 44.5 Å². The third-order valence-electron chi connectivity index (χ3n) is 3.92. The molecule has 3 rings (SSSR count). The number of aromatic nitrogens is 2.